The van der Waals surface area contributed by atoms with Gasteiger partial charge in [-0.3, -0.25) is 4.79 Å². The zero-order chi connectivity index (χ0) is 15.1. The average Bonchev–Trinajstić information content (AvgIpc) is 3.08. The third kappa shape index (κ3) is 6.05. The molecule has 1 saturated carbocycles. The molecular weight excluding hydrogens is 354 g/mol. The number of thiophene rings is 1. The van der Waals surface area contributed by atoms with E-state index in [1.165, 1.54) is 12.8 Å². The quantitative estimate of drug-likeness (QED) is 0.717. The molecule has 7 heteroatoms. The van der Waals surface area contributed by atoms with Crippen LogP contribution < -0.4 is 16.0 Å². The second kappa shape index (κ2) is 8.38. The van der Waals surface area contributed by atoms with E-state index in [4.69, 9.17) is 0 Å². The van der Waals surface area contributed by atoms with Crippen molar-refractivity contribution in [3.05, 3.63) is 20.8 Å². The highest BCUT2D eigenvalue weighted by molar-refractivity contribution is 9.11. The Morgan fingerprint density at radius 2 is 2.00 bits per heavy atom. The molecule has 0 bridgehead atoms. The van der Waals surface area contributed by atoms with Gasteiger partial charge in [0.25, 0.3) is 0 Å². The molecule has 0 aromatic carbocycles. The normalized spacial score (nSPS) is 14.9. The van der Waals surface area contributed by atoms with Gasteiger partial charge >= 0.3 is 6.03 Å². The molecule has 0 aliphatic heterocycles. The van der Waals surface area contributed by atoms with E-state index in [9.17, 15) is 9.59 Å². The Morgan fingerprint density at radius 1 is 1.24 bits per heavy atom. The van der Waals surface area contributed by atoms with E-state index in [1.807, 2.05) is 12.1 Å². The zero-order valence-electron chi connectivity index (χ0n) is 11.8. The summed E-state index contributed by atoms with van der Waals surface area (Å²) in [6.45, 7) is 0.856. The van der Waals surface area contributed by atoms with Crippen molar-refractivity contribution in [1.29, 1.82) is 0 Å². The van der Waals surface area contributed by atoms with Crippen LogP contribution in [-0.4, -0.2) is 24.5 Å². The van der Waals surface area contributed by atoms with Crippen LogP contribution in [-0.2, 0) is 11.3 Å². The maximum absolute atomic E-state index is 11.7. The summed E-state index contributed by atoms with van der Waals surface area (Å²) in [7, 11) is 0. The smallest absolute Gasteiger partial charge is 0.315 e. The standard InChI is InChI=1S/C14H20BrN3O2S/c15-12-6-5-11(21-12)9-17-14(20)16-8-7-13(19)18-10-3-1-2-4-10/h5-6,10H,1-4,7-9H2,(H,18,19)(H2,16,17,20). The average molecular weight is 374 g/mol. The van der Waals surface area contributed by atoms with Crippen LogP contribution in [0, 0.1) is 0 Å². The lowest BCUT2D eigenvalue weighted by Gasteiger charge is -2.12. The number of carbonyl (C=O) groups is 2. The summed E-state index contributed by atoms with van der Waals surface area (Å²) in [5.74, 6) is 0.0180. The van der Waals surface area contributed by atoms with Crippen molar-refractivity contribution < 1.29 is 9.59 Å². The van der Waals surface area contributed by atoms with Gasteiger partial charge in [0.2, 0.25) is 5.91 Å². The van der Waals surface area contributed by atoms with Crippen molar-refractivity contribution >= 4 is 39.2 Å². The number of halogens is 1. The minimum atomic E-state index is -0.242. The van der Waals surface area contributed by atoms with Crippen LogP contribution >= 0.6 is 27.3 Å². The SMILES string of the molecule is O=C(CCNC(=O)NCc1ccc(Br)s1)NC1CCCC1. The first kappa shape index (κ1) is 16.3. The van der Waals surface area contributed by atoms with Crippen molar-refractivity contribution in [1.82, 2.24) is 16.0 Å². The van der Waals surface area contributed by atoms with Gasteiger partial charge in [0, 0.05) is 23.9 Å². The molecule has 0 atom stereocenters. The van der Waals surface area contributed by atoms with E-state index < -0.39 is 0 Å². The molecule has 0 unspecified atom stereocenters. The topological polar surface area (TPSA) is 70.2 Å². The predicted octanol–water partition coefficient (Wildman–Crippen LogP) is 2.76. The first-order valence-corrected chi connectivity index (χ1v) is 8.80. The van der Waals surface area contributed by atoms with Gasteiger partial charge in [-0.2, -0.15) is 0 Å². The summed E-state index contributed by atoms with van der Waals surface area (Å²) in [5.41, 5.74) is 0. The fourth-order valence-corrected chi connectivity index (χ4v) is 3.76. The Bertz CT molecular complexity index is 486. The van der Waals surface area contributed by atoms with Crippen molar-refractivity contribution in [3.8, 4) is 0 Å². The maximum Gasteiger partial charge on any atom is 0.315 e. The highest BCUT2D eigenvalue weighted by Gasteiger charge is 2.16. The second-order valence-corrected chi connectivity index (χ2v) is 7.66. The number of hydrogen-bond acceptors (Lipinski definition) is 3. The maximum atomic E-state index is 11.7. The van der Waals surface area contributed by atoms with Crippen molar-refractivity contribution in [2.45, 2.75) is 44.7 Å². The molecule has 3 amide bonds. The van der Waals surface area contributed by atoms with E-state index in [0.29, 0.717) is 25.6 Å². The number of urea groups is 1. The molecule has 21 heavy (non-hydrogen) atoms. The van der Waals surface area contributed by atoms with Gasteiger partial charge in [-0.15, -0.1) is 11.3 Å². The van der Waals surface area contributed by atoms with Gasteiger partial charge in [-0.1, -0.05) is 12.8 Å². The summed E-state index contributed by atoms with van der Waals surface area (Å²) >= 11 is 4.96. The van der Waals surface area contributed by atoms with Crippen LogP contribution in [0.25, 0.3) is 0 Å². The largest absolute Gasteiger partial charge is 0.353 e. The van der Waals surface area contributed by atoms with E-state index >= 15 is 0 Å². The number of rotatable bonds is 6. The van der Waals surface area contributed by atoms with Crippen LogP contribution in [0.5, 0.6) is 0 Å². The fourth-order valence-electron chi connectivity index (χ4n) is 2.34. The Balaban J connectivity index is 1.55. The molecule has 0 radical (unpaired) electrons. The number of carbonyl (C=O) groups excluding carboxylic acids is 2. The summed E-state index contributed by atoms with van der Waals surface area (Å²) in [6, 6.07) is 4.01. The Kier molecular flexibility index (Phi) is 6.50. The summed E-state index contributed by atoms with van der Waals surface area (Å²) < 4.78 is 1.04. The van der Waals surface area contributed by atoms with Gasteiger partial charge in [0.15, 0.2) is 0 Å². The monoisotopic (exact) mass is 373 g/mol. The minimum absolute atomic E-state index is 0.0180. The lowest BCUT2D eigenvalue weighted by Crippen LogP contribution is -2.39. The molecule has 1 aromatic heterocycles. The van der Waals surface area contributed by atoms with E-state index in [0.717, 1.165) is 21.5 Å². The van der Waals surface area contributed by atoms with Gasteiger partial charge in [0.1, 0.15) is 0 Å². The molecule has 2 rings (SSSR count). The van der Waals surface area contributed by atoms with Crippen molar-refractivity contribution in [2.75, 3.05) is 6.54 Å². The van der Waals surface area contributed by atoms with Gasteiger partial charge in [-0.05, 0) is 40.9 Å². The molecule has 1 fully saturated rings. The lowest BCUT2D eigenvalue weighted by molar-refractivity contribution is -0.121. The minimum Gasteiger partial charge on any atom is -0.353 e. The predicted molar refractivity (Wildman–Crippen MR) is 87.3 cm³/mol. The Labute approximate surface area is 137 Å². The lowest BCUT2D eigenvalue weighted by atomic mass is 10.2. The first-order valence-electron chi connectivity index (χ1n) is 7.19. The molecule has 0 spiro atoms. The highest BCUT2D eigenvalue weighted by atomic mass is 79.9. The number of nitrogens with one attached hydrogen (secondary N) is 3. The zero-order valence-corrected chi connectivity index (χ0v) is 14.2. The van der Waals surface area contributed by atoms with Crippen LogP contribution in [0.15, 0.2) is 15.9 Å². The molecule has 1 aliphatic carbocycles. The van der Waals surface area contributed by atoms with E-state index in [1.54, 1.807) is 11.3 Å². The molecule has 1 aliphatic rings. The Hall–Kier alpha value is -1.08. The fraction of sp³-hybridized carbons (Fsp3) is 0.571. The third-order valence-electron chi connectivity index (χ3n) is 3.41. The molecular formula is C14H20BrN3O2S. The van der Waals surface area contributed by atoms with Gasteiger partial charge in [-0.25, -0.2) is 4.79 Å². The summed E-state index contributed by atoms with van der Waals surface area (Å²) in [4.78, 5) is 24.3. The molecule has 3 N–H and O–H groups in total. The first-order chi connectivity index (χ1) is 10.1. The van der Waals surface area contributed by atoms with Gasteiger partial charge < -0.3 is 16.0 Å². The van der Waals surface area contributed by atoms with E-state index in [-0.39, 0.29) is 11.9 Å². The molecule has 1 heterocycles. The molecule has 0 saturated heterocycles. The van der Waals surface area contributed by atoms with Crippen LogP contribution in [0.3, 0.4) is 0 Å². The van der Waals surface area contributed by atoms with Gasteiger partial charge in [0.05, 0.1) is 10.3 Å². The van der Waals surface area contributed by atoms with E-state index in [2.05, 4.69) is 31.9 Å². The molecule has 116 valence electrons. The van der Waals surface area contributed by atoms with Crippen LogP contribution in [0.2, 0.25) is 0 Å². The number of hydrogen-bond donors (Lipinski definition) is 3. The summed E-state index contributed by atoms with van der Waals surface area (Å²) in [5, 5.41) is 8.46. The number of amides is 3. The van der Waals surface area contributed by atoms with Crippen molar-refractivity contribution in [2.24, 2.45) is 0 Å². The van der Waals surface area contributed by atoms with Crippen molar-refractivity contribution in [3.63, 3.8) is 0 Å². The van der Waals surface area contributed by atoms with Crippen LogP contribution in [0.4, 0.5) is 4.79 Å². The van der Waals surface area contributed by atoms with Crippen LogP contribution in [0.1, 0.15) is 37.0 Å². The second-order valence-electron chi connectivity index (χ2n) is 5.11. The molecule has 1 aromatic rings. The highest BCUT2D eigenvalue weighted by Crippen LogP contribution is 2.21. The Morgan fingerprint density at radius 3 is 2.67 bits per heavy atom. The molecule has 5 nitrogen and oxygen atoms in total. The summed E-state index contributed by atoms with van der Waals surface area (Å²) in [6.07, 6.45) is 4.88. The third-order valence-corrected chi connectivity index (χ3v) is 5.03.